The third-order valence-electron chi connectivity index (χ3n) is 8.43. The van der Waals surface area contributed by atoms with E-state index in [1.54, 1.807) is 0 Å². The van der Waals surface area contributed by atoms with Crippen LogP contribution in [-0.2, 0) is 24.3 Å². The van der Waals surface area contributed by atoms with Crippen LogP contribution in [0.4, 0.5) is 0 Å². The van der Waals surface area contributed by atoms with Crippen molar-refractivity contribution in [3.63, 3.8) is 0 Å². The van der Waals surface area contributed by atoms with Gasteiger partial charge in [0.2, 0.25) is 5.91 Å². The van der Waals surface area contributed by atoms with E-state index in [4.69, 9.17) is 0 Å². The standard InChI is InChI=1S/C30H33N3O/c34-29(31-18-23-12-6-2-7-13-23)30-26-17-25(19-32-30)27(16-22-10-4-1-5-11-22)28(30)33(21-26)20-24-14-8-3-9-15-24/h1-15,25-28,32H,16-21H2,(H,31,34). The summed E-state index contributed by atoms with van der Waals surface area (Å²) in [6.07, 6.45) is 2.16. The average molecular weight is 452 g/mol. The number of carbonyl (C=O) groups excluding carboxylic acids is 1. The van der Waals surface area contributed by atoms with Gasteiger partial charge in [0.15, 0.2) is 0 Å². The van der Waals surface area contributed by atoms with E-state index < -0.39 is 5.54 Å². The molecule has 0 aromatic heterocycles. The molecular formula is C30H33N3O. The van der Waals surface area contributed by atoms with Gasteiger partial charge in [0.05, 0.1) is 0 Å². The number of fused-ring (bicyclic) bond motifs is 1. The van der Waals surface area contributed by atoms with Crippen molar-refractivity contribution >= 4 is 5.91 Å². The van der Waals surface area contributed by atoms with Crippen LogP contribution in [0.5, 0.6) is 0 Å². The van der Waals surface area contributed by atoms with E-state index in [-0.39, 0.29) is 11.9 Å². The molecule has 2 N–H and O–H groups in total. The largest absolute Gasteiger partial charge is 0.350 e. The lowest BCUT2D eigenvalue weighted by Crippen LogP contribution is -2.76. The van der Waals surface area contributed by atoms with Crippen LogP contribution >= 0.6 is 0 Å². The van der Waals surface area contributed by atoms with E-state index in [2.05, 4.69) is 88.3 Å². The number of nitrogens with zero attached hydrogens (tertiary/aromatic N) is 1. The van der Waals surface area contributed by atoms with Crippen molar-refractivity contribution in [2.45, 2.75) is 37.5 Å². The van der Waals surface area contributed by atoms with Gasteiger partial charge in [-0.2, -0.15) is 0 Å². The van der Waals surface area contributed by atoms with Crippen LogP contribution in [0.2, 0.25) is 0 Å². The molecule has 4 nitrogen and oxygen atoms in total. The fraction of sp³-hybridized carbons (Fsp3) is 0.367. The molecule has 1 amide bonds. The molecule has 34 heavy (non-hydrogen) atoms. The minimum atomic E-state index is -0.516. The summed E-state index contributed by atoms with van der Waals surface area (Å²) in [5.74, 6) is 1.61. The number of nitrogens with one attached hydrogen (secondary N) is 2. The van der Waals surface area contributed by atoms with Crippen molar-refractivity contribution in [3.05, 3.63) is 108 Å². The summed E-state index contributed by atoms with van der Waals surface area (Å²) >= 11 is 0. The fourth-order valence-corrected chi connectivity index (χ4v) is 6.99. The van der Waals surface area contributed by atoms with Crippen LogP contribution in [0.15, 0.2) is 91.0 Å². The lowest BCUT2D eigenvalue weighted by atomic mass is 9.58. The molecule has 5 unspecified atom stereocenters. The van der Waals surface area contributed by atoms with Crippen LogP contribution in [0.1, 0.15) is 23.1 Å². The molecular weight excluding hydrogens is 418 g/mol. The Hall–Kier alpha value is -2.95. The molecule has 3 aliphatic heterocycles. The highest BCUT2D eigenvalue weighted by Gasteiger charge is 2.67. The van der Waals surface area contributed by atoms with Gasteiger partial charge in [0.25, 0.3) is 0 Å². The topological polar surface area (TPSA) is 44.4 Å². The SMILES string of the molecule is O=C(NCc1ccccc1)C12NCC3CC1CN(Cc1ccccc1)C2C3Cc1ccccc1. The van der Waals surface area contributed by atoms with Crippen molar-refractivity contribution in [1.82, 2.24) is 15.5 Å². The first-order valence-corrected chi connectivity index (χ1v) is 12.6. The highest BCUT2D eigenvalue weighted by atomic mass is 16.2. The quantitative estimate of drug-likeness (QED) is 0.570. The molecule has 3 heterocycles. The number of carbonyl (C=O) groups is 1. The molecule has 5 atom stereocenters. The van der Waals surface area contributed by atoms with Crippen LogP contribution in [-0.4, -0.2) is 35.5 Å². The van der Waals surface area contributed by atoms with Crippen molar-refractivity contribution in [1.29, 1.82) is 0 Å². The smallest absolute Gasteiger partial charge is 0.242 e. The minimum absolute atomic E-state index is 0.179. The normalized spacial score (nSPS) is 29.8. The lowest BCUT2D eigenvalue weighted by Gasteiger charge is -2.56. The Morgan fingerprint density at radius 3 is 2.18 bits per heavy atom. The number of amides is 1. The number of benzene rings is 3. The van der Waals surface area contributed by atoms with Gasteiger partial charge in [-0.1, -0.05) is 91.0 Å². The van der Waals surface area contributed by atoms with Crippen LogP contribution in [0, 0.1) is 17.8 Å². The average Bonchev–Trinajstić information content (AvgIpc) is 3.15. The van der Waals surface area contributed by atoms with E-state index in [1.807, 2.05) is 18.2 Å². The highest BCUT2D eigenvalue weighted by Crippen LogP contribution is 2.53. The molecule has 174 valence electrons. The van der Waals surface area contributed by atoms with E-state index >= 15 is 0 Å². The third-order valence-corrected chi connectivity index (χ3v) is 8.43. The Labute approximate surface area is 202 Å². The zero-order valence-electron chi connectivity index (χ0n) is 19.6. The first kappa shape index (κ1) is 21.6. The van der Waals surface area contributed by atoms with Crippen molar-refractivity contribution in [2.75, 3.05) is 13.1 Å². The van der Waals surface area contributed by atoms with Gasteiger partial charge in [-0.15, -0.1) is 0 Å². The summed E-state index contributed by atoms with van der Waals surface area (Å²) < 4.78 is 0. The molecule has 3 saturated heterocycles. The predicted molar refractivity (Wildman–Crippen MR) is 135 cm³/mol. The van der Waals surface area contributed by atoms with Crippen LogP contribution < -0.4 is 10.6 Å². The maximum Gasteiger partial charge on any atom is 0.242 e. The van der Waals surface area contributed by atoms with E-state index in [1.165, 1.54) is 11.1 Å². The van der Waals surface area contributed by atoms with Crippen LogP contribution in [0.3, 0.4) is 0 Å². The van der Waals surface area contributed by atoms with Crippen molar-refractivity contribution in [3.8, 4) is 0 Å². The zero-order valence-corrected chi connectivity index (χ0v) is 19.6. The Kier molecular flexibility index (Phi) is 5.72. The van der Waals surface area contributed by atoms with Crippen LogP contribution in [0.25, 0.3) is 0 Å². The fourth-order valence-electron chi connectivity index (χ4n) is 6.99. The minimum Gasteiger partial charge on any atom is -0.350 e. The first-order valence-electron chi connectivity index (χ1n) is 12.6. The Morgan fingerprint density at radius 2 is 1.50 bits per heavy atom. The highest BCUT2D eigenvalue weighted by molar-refractivity contribution is 5.89. The summed E-state index contributed by atoms with van der Waals surface area (Å²) in [7, 11) is 0. The number of likely N-dealkylation sites (tertiary alicyclic amines) is 1. The molecule has 3 aromatic rings. The molecule has 7 rings (SSSR count). The van der Waals surface area contributed by atoms with Gasteiger partial charge in [-0.25, -0.2) is 0 Å². The molecule has 4 heteroatoms. The number of rotatable bonds is 7. The molecule has 0 radical (unpaired) electrons. The Morgan fingerprint density at radius 1 is 0.882 bits per heavy atom. The van der Waals surface area contributed by atoms with Crippen molar-refractivity contribution in [2.24, 2.45) is 17.8 Å². The molecule has 3 aromatic carbocycles. The summed E-state index contributed by atoms with van der Waals surface area (Å²) in [5.41, 5.74) is 3.33. The molecule has 1 saturated carbocycles. The molecule has 4 fully saturated rings. The predicted octanol–water partition coefficient (Wildman–Crippen LogP) is 4.02. The van der Waals surface area contributed by atoms with E-state index in [0.717, 1.165) is 38.0 Å². The van der Waals surface area contributed by atoms with E-state index in [0.29, 0.717) is 24.3 Å². The number of hydrogen-bond donors (Lipinski definition) is 2. The maximum absolute atomic E-state index is 14.0. The van der Waals surface area contributed by atoms with Gasteiger partial charge in [0, 0.05) is 31.6 Å². The summed E-state index contributed by atoms with van der Waals surface area (Å²) in [6, 6.07) is 32.0. The first-order chi connectivity index (χ1) is 16.7. The number of hydrogen-bond acceptors (Lipinski definition) is 3. The maximum atomic E-state index is 14.0. The molecule has 1 aliphatic carbocycles. The molecule has 4 bridgehead atoms. The second-order valence-corrected chi connectivity index (χ2v) is 10.3. The van der Waals surface area contributed by atoms with Crippen molar-refractivity contribution < 1.29 is 4.79 Å². The van der Waals surface area contributed by atoms with Gasteiger partial charge >= 0.3 is 0 Å². The summed E-state index contributed by atoms with van der Waals surface area (Å²) in [5, 5.41) is 7.13. The second kappa shape index (κ2) is 9.01. The van der Waals surface area contributed by atoms with Gasteiger partial charge in [-0.3, -0.25) is 9.69 Å². The molecule has 4 aliphatic rings. The zero-order chi connectivity index (χ0) is 23.0. The monoisotopic (exact) mass is 451 g/mol. The number of piperidine rings is 2. The second-order valence-electron chi connectivity index (χ2n) is 10.3. The van der Waals surface area contributed by atoms with E-state index in [9.17, 15) is 4.79 Å². The Balaban J connectivity index is 1.32. The van der Waals surface area contributed by atoms with Gasteiger partial charge < -0.3 is 10.6 Å². The van der Waals surface area contributed by atoms with Gasteiger partial charge in [-0.05, 0) is 47.9 Å². The lowest BCUT2D eigenvalue weighted by molar-refractivity contribution is -0.138. The van der Waals surface area contributed by atoms with Gasteiger partial charge in [0.1, 0.15) is 5.54 Å². The third kappa shape index (κ3) is 3.75. The summed E-state index contributed by atoms with van der Waals surface area (Å²) in [4.78, 5) is 16.6. The molecule has 0 spiro atoms. The Bertz CT molecular complexity index is 1120. The summed E-state index contributed by atoms with van der Waals surface area (Å²) in [6.45, 7) is 3.39.